The number of aryl methyl sites for hydroxylation is 1. The molecule has 0 saturated carbocycles. The Morgan fingerprint density at radius 2 is 1.85 bits per heavy atom. The predicted octanol–water partition coefficient (Wildman–Crippen LogP) is 4.55. The molecule has 6 rings (SSSR count). The molecule has 2 saturated heterocycles. The number of anilines is 2. The molecule has 0 unspecified atom stereocenters. The maximum atomic E-state index is 14.8. The first kappa shape index (κ1) is 33.3. The lowest BCUT2D eigenvalue weighted by atomic mass is 9.82. The lowest BCUT2D eigenvalue weighted by Gasteiger charge is -2.32. The average molecular weight is 662 g/mol. The lowest BCUT2D eigenvalue weighted by Crippen LogP contribution is -2.46. The summed E-state index contributed by atoms with van der Waals surface area (Å²) in [6.45, 7) is 7.43. The fourth-order valence-corrected chi connectivity index (χ4v) is 10.5. The molecular formula is C35H47N5O6Si. The van der Waals surface area contributed by atoms with E-state index < -0.39 is 13.9 Å². The molecule has 3 aliphatic rings. The molecule has 4 atom stereocenters. The molecule has 47 heavy (non-hydrogen) atoms. The summed E-state index contributed by atoms with van der Waals surface area (Å²) < 4.78 is 14.3. The van der Waals surface area contributed by atoms with E-state index in [2.05, 4.69) is 10.3 Å². The topological polar surface area (TPSA) is 130 Å². The van der Waals surface area contributed by atoms with Gasteiger partial charge in [-0.25, -0.2) is 0 Å². The first-order chi connectivity index (χ1) is 22.6. The Hall–Kier alpha value is -3.58. The van der Waals surface area contributed by atoms with Gasteiger partial charge in [-0.3, -0.25) is 14.3 Å². The quantitative estimate of drug-likeness (QED) is 0.303. The Kier molecular flexibility index (Phi) is 9.57. The smallest absolute Gasteiger partial charge is 0.264 e. The van der Waals surface area contributed by atoms with E-state index in [0.717, 1.165) is 54.7 Å². The molecule has 3 aromatic rings. The SMILES string of the molecule is COc1ccc2c(c1)[C@]1(O[C@@H](CCn3cc(CCO)nn3)[C@H]([Si](C)(C)O)[C@H]1C)C(=O)N2Cc1ccc(N2CCCCCCC2=O)cc1. The van der Waals surface area contributed by atoms with Gasteiger partial charge < -0.3 is 29.2 Å². The summed E-state index contributed by atoms with van der Waals surface area (Å²) in [4.78, 5) is 42.9. The van der Waals surface area contributed by atoms with Crippen molar-refractivity contribution < 1.29 is 29.0 Å². The number of rotatable bonds is 10. The Balaban J connectivity index is 1.29. The van der Waals surface area contributed by atoms with Crippen LogP contribution in [0.25, 0.3) is 0 Å². The van der Waals surface area contributed by atoms with Crippen molar-refractivity contribution in [3.05, 3.63) is 65.5 Å². The summed E-state index contributed by atoms with van der Waals surface area (Å²) >= 11 is 0. The molecule has 0 aliphatic carbocycles. The molecule has 12 heteroatoms. The van der Waals surface area contributed by atoms with Crippen molar-refractivity contribution in [2.75, 3.05) is 30.1 Å². The predicted molar refractivity (Wildman–Crippen MR) is 181 cm³/mol. The van der Waals surface area contributed by atoms with Crippen LogP contribution in [0.5, 0.6) is 5.75 Å². The van der Waals surface area contributed by atoms with Gasteiger partial charge in [-0.1, -0.05) is 37.1 Å². The Labute approximate surface area is 277 Å². The number of nitrogens with zero attached hydrogens (tertiary/aromatic N) is 5. The van der Waals surface area contributed by atoms with Crippen molar-refractivity contribution >= 4 is 31.5 Å². The minimum atomic E-state index is -2.83. The maximum absolute atomic E-state index is 14.8. The van der Waals surface area contributed by atoms with Crippen molar-refractivity contribution in [1.29, 1.82) is 0 Å². The average Bonchev–Trinajstić information content (AvgIpc) is 3.68. The molecular weight excluding hydrogens is 615 g/mol. The highest BCUT2D eigenvalue weighted by Gasteiger charge is 2.66. The van der Waals surface area contributed by atoms with Gasteiger partial charge in [0.25, 0.3) is 5.91 Å². The number of methoxy groups -OCH3 is 1. The third kappa shape index (κ3) is 6.36. The van der Waals surface area contributed by atoms with Crippen molar-refractivity contribution in [3.63, 3.8) is 0 Å². The van der Waals surface area contributed by atoms with Crippen molar-refractivity contribution in [3.8, 4) is 5.75 Å². The molecule has 2 aromatic carbocycles. The van der Waals surface area contributed by atoms with Crippen LogP contribution in [0.2, 0.25) is 18.6 Å². The van der Waals surface area contributed by atoms with Crippen molar-refractivity contribution in [2.45, 2.75) is 95.3 Å². The van der Waals surface area contributed by atoms with E-state index in [9.17, 15) is 19.5 Å². The van der Waals surface area contributed by atoms with Gasteiger partial charge in [0, 0.05) is 61.4 Å². The fraction of sp³-hybridized carbons (Fsp3) is 0.543. The highest BCUT2D eigenvalue weighted by atomic mass is 28.4. The Bertz CT molecular complexity index is 1590. The second kappa shape index (κ2) is 13.5. The van der Waals surface area contributed by atoms with Crippen LogP contribution in [0, 0.1) is 5.92 Å². The molecule has 2 fully saturated rings. The number of carbonyl (C=O) groups is 2. The number of aliphatic hydroxyl groups is 1. The number of benzene rings is 2. The summed E-state index contributed by atoms with van der Waals surface area (Å²) in [5, 5.41) is 17.6. The van der Waals surface area contributed by atoms with E-state index in [1.54, 1.807) is 16.7 Å². The molecule has 3 aliphatic heterocycles. The number of carbonyl (C=O) groups excluding carboxylic acids is 2. The van der Waals surface area contributed by atoms with Crippen LogP contribution in [-0.2, 0) is 39.4 Å². The largest absolute Gasteiger partial charge is 0.497 e. The summed E-state index contributed by atoms with van der Waals surface area (Å²) in [6, 6.07) is 13.7. The van der Waals surface area contributed by atoms with E-state index in [4.69, 9.17) is 9.47 Å². The van der Waals surface area contributed by atoms with E-state index >= 15 is 0 Å². The fourth-order valence-electron chi connectivity index (χ4n) is 7.94. The number of aliphatic hydroxyl groups excluding tert-OH is 1. The minimum Gasteiger partial charge on any atom is -0.497 e. The van der Waals surface area contributed by atoms with Crippen molar-refractivity contribution in [2.24, 2.45) is 5.92 Å². The van der Waals surface area contributed by atoms with Gasteiger partial charge in [-0.2, -0.15) is 0 Å². The molecule has 0 bridgehead atoms. The number of hydrogen-bond acceptors (Lipinski definition) is 8. The van der Waals surface area contributed by atoms with Gasteiger partial charge >= 0.3 is 0 Å². The van der Waals surface area contributed by atoms with Crippen LogP contribution in [-0.4, -0.2) is 71.4 Å². The standard InChI is InChI=1S/C35H47N5O6Si/c1-24-33(47(3,4)44)31(16-19-38-23-26(17-20-41)36-37-38)46-35(24)29-21-28(45-2)14-15-30(29)40(34(35)43)22-25-10-12-27(13-11-25)39-18-8-6-5-7-9-32(39)42/h10-15,21,23-24,31,33,41,44H,5-9,16-20,22H2,1-4H3/t24-,31+,33-,35+/m1/s1. The zero-order chi connectivity index (χ0) is 33.3. The molecule has 4 heterocycles. The van der Waals surface area contributed by atoms with Crippen LogP contribution in [0.3, 0.4) is 0 Å². The van der Waals surface area contributed by atoms with Crippen LogP contribution >= 0.6 is 0 Å². The first-order valence-electron chi connectivity index (χ1n) is 16.9. The monoisotopic (exact) mass is 661 g/mol. The molecule has 11 nitrogen and oxygen atoms in total. The molecule has 0 radical (unpaired) electrons. The van der Waals surface area contributed by atoms with Gasteiger partial charge in [-0.05, 0) is 68.3 Å². The number of fused-ring (bicyclic) bond motifs is 2. The normalized spacial score (nSPS) is 24.9. The van der Waals surface area contributed by atoms with E-state index in [-0.39, 0.29) is 36.0 Å². The highest BCUT2D eigenvalue weighted by Crippen LogP contribution is 2.60. The molecule has 1 aromatic heterocycles. The second-order valence-electron chi connectivity index (χ2n) is 13.7. The van der Waals surface area contributed by atoms with E-state index in [1.165, 1.54) is 0 Å². The number of hydrogen-bond donors (Lipinski definition) is 2. The minimum absolute atomic E-state index is 0.000582. The van der Waals surface area contributed by atoms with Crippen LogP contribution < -0.4 is 14.5 Å². The third-order valence-corrected chi connectivity index (χ3v) is 12.7. The van der Waals surface area contributed by atoms with Crippen LogP contribution in [0.4, 0.5) is 11.4 Å². The first-order valence-corrected chi connectivity index (χ1v) is 19.9. The molecule has 252 valence electrons. The second-order valence-corrected chi connectivity index (χ2v) is 17.7. The summed E-state index contributed by atoms with van der Waals surface area (Å²) in [7, 11) is -1.22. The molecule has 1 spiro atoms. The van der Waals surface area contributed by atoms with Gasteiger partial charge in [-0.15, -0.1) is 5.10 Å². The summed E-state index contributed by atoms with van der Waals surface area (Å²) in [6.07, 6.45) is 7.14. The highest BCUT2D eigenvalue weighted by molar-refractivity contribution is 6.71. The zero-order valence-corrected chi connectivity index (χ0v) is 28.9. The van der Waals surface area contributed by atoms with Gasteiger partial charge in [0.05, 0.1) is 31.1 Å². The molecule has 2 N–H and O–H groups in total. The number of aromatic nitrogens is 3. The van der Waals surface area contributed by atoms with Gasteiger partial charge in [0.2, 0.25) is 5.91 Å². The summed E-state index contributed by atoms with van der Waals surface area (Å²) in [5.41, 5.74) is 2.57. The third-order valence-electron chi connectivity index (χ3n) is 10.2. The maximum Gasteiger partial charge on any atom is 0.264 e. The Morgan fingerprint density at radius 1 is 1.09 bits per heavy atom. The number of amides is 2. The van der Waals surface area contributed by atoms with Gasteiger partial charge in [0.15, 0.2) is 13.9 Å². The van der Waals surface area contributed by atoms with E-state index in [1.807, 2.05) is 73.6 Å². The van der Waals surface area contributed by atoms with Crippen molar-refractivity contribution in [1.82, 2.24) is 15.0 Å². The summed E-state index contributed by atoms with van der Waals surface area (Å²) in [5.74, 6) is 0.352. The Morgan fingerprint density at radius 3 is 2.57 bits per heavy atom. The van der Waals surface area contributed by atoms with E-state index in [0.29, 0.717) is 43.8 Å². The lowest BCUT2D eigenvalue weighted by molar-refractivity contribution is -0.146. The zero-order valence-electron chi connectivity index (χ0n) is 27.9. The van der Waals surface area contributed by atoms with Gasteiger partial charge in [0.1, 0.15) is 5.75 Å². The number of ether oxygens (including phenoxy) is 2. The molecule has 2 amide bonds. The van der Waals surface area contributed by atoms with Crippen LogP contribution in [0.15, 0.2) is 48.7 Å². The van der Waals surface area contributed by atoms with Crippen LogP contribution in [0.1, 0.15) is 62.3 Å².